The van der Waals surface area contributed by atoms with E-state index in [0.717, 1.165) is 10.3 Å². The minimum atomic E-state index is 0.327. The third-order valence-corrected chi connectivity index (χ3v) is 2.48. The summed E-state index contributed by atoms with van der Waals surface area (Å²) in [6.07, 6.45) is 3.48. The molecule has 0 aliphatic heterocycles. The summed E-state index contributed by atoms with van der Waals surface area (Å²) in [6, 6.07) is 0. The molecule has 2 aromatic heterocycles. The van der Waals surface area contributed by atoms with Gasteiger partial charge in [0, 0.05) is 17.8 Å². The quantitative estimate of drug-likeness (QED) is 0.579. The highest BCUT2D eigenvalue weighted by atomic mass is 35.5. The fourth-order valence-electron chi connectivity index (χ4n) is 1.41. The zero-order valence-electron chi connectivity index (χ0n) is 7.36. The molecule has 0 atom stereocenters. The average molecular weight is 211 g/mol. The Labute approximate surface area is 84.7 Å². The summed E-state index contributed by atoms with van der Waals surface area (Å²) in [5.41, 5.74) is 1.47. The van der Waals surface area contributed by atoms with Gasteiger partial charge in [0.25, 0.3) is 0 Å². The van der Waals surface area contributed by atoms with Gasteiger partial charge in [-0.05, 0) is 12.5 Å². The number of fused-ring (bicyclic) bond motifs is 1. The van der Waals surface area contributed by atoms with Crippen LogP contribution in [0.3, 0.4) is 0 Å². The Hall–Kier alpha value is -1.55. The second-order valence-corrected chi connectivity index (χ2v) is 3.38. The lowest BCUT2D eigenvalue weighted by molar-refractivity contribution is 0.112. The number of carbonyl (C=O) groups is 1. The number of hydrogen-bond acceptors (Lipinski definition) is 3. The number of aldehydes is 1. The standard InChI is InChI=1S/C9H7ClN2O2/c1-5-3-12(14)9-7(5)8(10)6(4-13)2-11-9/h2-4,14H,1H3. The summed E-state index contributed by atoms with van der Waals surface area (Å²) in [6.45, 7) is 1.79. The highest BCUT2D eigenvalue weighted by Gasteiger charge is 2.12. The maximum atomic E-state index is 10.6. The molecule has 1 N–H and O–H groups in total. The maximum Gasteiger partial charge on any atom is 0.176 e. The predicted molar refractivity (Wildman–Crippen MR) is 52.1 cm³/mol. The molecule has 0 aliphatic rings. The van der Waals surface area contributed by atoms with E-state index >= 15 is 0 Å². The van der Waals surface area contributed by atoms with Gasteiger partial charge in [0.1, 0.15) is 0 Å². The second kappa shape index (κ2) is 2.99. The van der Waals surface area contributed by atoms with Crippen molar-refractivity contribution in [2.45, 2.75) is 6.92 Å². The first-order valence-corrected chi connectivity index (χ1v) is 4.33. The Balaban J connectivity index is 2.94. The molecule has 0 spiro atoms. The molecule has 2 rings (SSSR count). The number of rotatable bonds is 1. The molecule has 0 radical (unpaired) electrons. The first-order chi connectivity index (χ1) is 6.65. The number of aromatic nitrogens is 2. The molecule has 2 aromatic rings. The van der Waals surface area contributed by atoms with Gasteiger partial charge in [0.15, 0.2) is 11.9 Å². The summed E-state index contributed by atoms with van der Waals surface area (Å²) < 4.78 is 0.894. The van der Waals surface area contributed by atoms with Crippen LogP contribution in [-0.4, -0.2) is 21.2 Å². The van der Waals surface area contributed by atoms with Crippen LogP contribution in [0.5, 0.6) is 0 Å². The first kappa shape index (κ1) is 9.02. The molecule has 0 unspecified atom stereocenters. The van der Waals surface area contributed by atoms with Crippen LogP contribution in [0.15, 0.2) is 12.4 Å². The predicted octanol–water partition coefficient (Wildman–Crippen LogP) is 2.05. The largest absolute Gasteiger partial charge is 0.427 e. The Kier molecular flexibility index (Phi) is 1.93. The van der Waals surface area contributed by atoms with Crippen LogP contribution in [0.25, 0.3) is 11.0 Å². The molecule has 4 nitrogen and oxygen atoms in total. The van der Waals surface area contributed by atoms with E-state index in [-0.39, 0.29) is 0 Å². The fourth-order valence-corrected chi connectivity index (χ4v) is 1.74. The van der Waals surface area contributed by atoms with Crippen LogP contribution in [0, 0.1) is 6.92 Å². The minimum Gasteiger partial charge on any atom is -0.427 e. The fraction of sp³-hybridized carbons (Fsp3) is 0.111. The van der Waals surface area contributed by atoms with Gasteiger partial charge in [-0.3, -0.25) is 4.79 Å². The minimum absolute atomic E-state index is 0.327. The summed E-state index contributed by atoms with van der Waals surface area (Å²) in [5.74, 6) is 0. The molecule has 0 saturated carbocycles. The number of carbonyl (C=O) groups excluding carboxylic acids is 1. The van der Waals surface area contributed by atoms with Crippen molar-refractivity contribution in [3.05, 3.63) is 28.5 Å². The zero-order valence-corrected chi connectivity index (χ0v) is 8.12. The molecule has 0 bridgehead atoms. The highest BCUT2D eigenvalue weighted by molar-refractivity contribution is 6.37. The van der Waals surface area contributed by atoms with Gasteiger partial charge in [-0.15, -0.1) is 0 Å². The van der Waals surface area contributed by atoms with E-state index < -0.39 is 0 Å². The smallest absolute Gasteiger partial charge is 0.176 e. The van der Waals surface area contributed by atoms with Crippen molar-refractivity contribution in [2.75, 3.05) is 0 Å². The Morgan fingerprint density at radius 1 is 1.64 bits per heavy atom. The van der Waals surface area contributed by atoms with Gasteiger partial charge in [-0.1, -0.05) is 11.6 Å². The van der Waals surface area contributed by atoms with Crippen LogP contribution in [0.1, 0.15) is 15.9 Å². The van der Waals surface area contributed by atoms with Crippen molar-refractivity contribution < 1.29 is 10.0 Å². The number of nitrogens with zero attached hydrogens (tertiary/aromatic N) is 2. The molecule has 72 valence electrons. The zero-order chi connectivity index (χ0) is 10.3. The molecule has 0 fully saturated rings. The Bertz CT molecular complexity index is 519. The van der Waals surface area contributed by atoms with Crippen molar-refractivity contribution in [3.63, 3.8) is 0 Å². The maximum absolute atomic E-state index is 10.6. The van der Waals surface area contributed by atoms with Crippen LogP contribution in [0.2, 0.25) is 5.02 Å². The second-order valence-electron chi connectivity index (χ2n) is 3.00. The molecule has 2 heterocycles. The van der Waals surface area contributed by atoms with E-state index in [4.69, 9.17) is 11.6 Å². The van der Waals surface area contributed by atoms with Gasteiger partial charge in [-0.25, -0.2) is 4.98 Å². The number of halogens is 1. The molecule has 0 amide bonds. The van der Waals surface area contributed by atoms with Crippen LogP contribution in [0.4, 0.5) is 0 Å². The van der Waals surface area contributed by atoms with Crippen molar-refractivity contribution in [1.82, 2.24) is 9.71 Å². The molecule has 0 saturated heterocycles. The lowest BCUT2D eigenvalue weighted by atomic mass is 10.2. The van der Waals surface area contributed by atoms with E-state index in [1.54, 1.807) is 6.92 Å². The molecule has 0 aliphatic carbocycles. The number of aryl methyl sites for hydroxylation is 1. The van der Waals surface area contributed by atoms with Gasteiger partial charge in [0.05, 0.1) is 10.6 Å². The monoisotopic (exact) mass is 210 g/mol. The van der Waals surface area contributed by atoms with Crippen molar-refractivity contribution >= 4 is 28.9 Å². The van der Waals surface area contributed by atoms with Crippen molar-refractivity contribution in [1.29, 1.82) is 0 Å². The van der Waals surface area contributed by atoms with Crippen molar-refractivity contribution in [3.8, 4) is 0 Å². The SMILES string of the molecule is Cc1cn(O)c2ncc(C=O)c(Cl)c12. The van der Waals surface area contributed by atoms with Crippen molar-refractivity contribution in [2.24, 2.45) is 0 Å². The van der Waals surface area contributed by atoms with E-state index in [9.17, 15) is 10.0 Å². The molecule has 0 aromatic carbocycles. The number of hydrogen-bond donors (Lipinski definition) is 1. The van der Waals surface area contributed by atoms with E-state index in [2.05, 4.69) is 4.98 Å². The molecular formula is C9H7ClN2O2. The highest BCUT2D eigenvalue weighted by Crippen LogP contribution is 2.28. The van der Waals surface area contributed by atoms with E-state index in [1.165, 1.54) is 12.4 Å². The summed E-state index contributed by atoms with van der Waals surface area (Å²) in [4.78, 5) is 14.5. The van der Waals surface area contributed by atoms with E-state index in [0.29, 0.717) is 27.9 Å². The average Bonchev–Trinajstić information content (AvgIpc) is 2.44. The summed E-state index contributed by atoms with van der Waals surface area (Å²) >= 11 is 5.96. The molecular weight excluding hydrogens is 204 g/mol. The Morgan fingerprint density at radius 3 is 3.00 bits per heavy atom. The van der Waals surface area contributed by atoms with Gasteiger partial charge in [-0.2, -0.15) is 4.73 Å². The third kappa shape index (κ3) is 1.08. The van der Waals surface area contributed by atoms with Gasteiger partial charge < -0.3 is 5.21 Å². The van der Waals surface area contributed by atoms with Crippen LogP contribution in [-0.2, 0) is 0 Å². The van der Waals surface area contributed by atoms with Crippen LogP contribution < -0.4 is 0 Å². The topological polar surface area (TPSA) is 55.1 Å². The van der Waals surface area contributed by atoms with Gasteiger partial charge in [0.2, 0.25) is 0 Å². The lowest BCUT2D eigenvalue weighted by Crippen LogP contribution is -1.91. The lowest BCUT2D eigenvalue weighted by Gasteiger charge is -1.98. The number of pyridine rings is 1. The Morgan fingerprint density at radius 2 is 2.36 bits per heavy atom. The first-order valence-electron chi connectivity index (χ1n) is 3.95. The summed E-state index contributed by atoms with van der Waals surface area (Å²) in [5, 5.41) is 10.3. The normalized spacial score (nSPS) is 10.7. The third-order valence-electron chi connectivity index (χ3n) is 2.08. The van der Waals surface area contributed by atoms with E-state index in [1.807, 2.05) is 0 Å². The molecule has 14 heavy (non-hydrogen) atoms. The van der Waals surface area contributed by atoms with Crippen LogP contribution >= 0.6 is 11.6 Å². The van der Waals surface area contributed by atoms with Gasteiger partial charge >= 0.3 is 0 Å². The summed E-state index contributed by atoms with van der Waals surface area (Å²) in [7, 11) is 0. The molecule has 5 heteroatoms.